The number of aromatic nitrogens is 1. The van der Waals surface area contributed by atoms with E-state index < -0.39 is 5.60 Å². The predicted molar refractivity (Wildman–Crippen MR) is 80.3 cm³/mol. The zero-order valence-corrected chi connectivity index (χ0v) is 12.9. The van der Waals surface area contributed by atoms with Crippen molar-refractivity contribution in [2.75, 3.05) is 30.0 Å². The molecule has 112 valence electrons. The summed E-state index contributed by atoms with van der Waals surface area (Å²) >= 11 is 12.2. The van der Waals surface area contributed by atoms with Gasteiger partial charge in [-0.05, 0) is 19.9 Å². The molecule has 1 fully saturated rings. The van der Waals surface area contributed by atoms with Crippen molar-refractivity contribution in [3.05, 3.63) is 16.1 Å². The van der Waals surface area contributed by atoms with Crippen LogP contribution in [0.3, 0.4) is 0 Å². The predicted octanol–water partition coefficient (Wildman–Crippen LogP) is 1.65. The van der Waals surface area contributed by atoms with E-state index in [-0.39, 0.29) is 12.7 Å². The standard InChI is InChI=1S/C12H18Cl2N4O2/c1-12(2)6-18(4-7(5-19)20-12)11-9(14)3-8(13)10(16-11)17-15/h3,7,19H,4-6,15H2,1-2H3,(H,16,17). The van der Waals surface area contributed by atoms with Gasteiger partial charge in [-0.25, -0.2) is 10.8 Å². The Hall–Kier alpha value is -0.790. The molecule has 1 unspecified atom stereocenters. The number of hydrogen-bond acceptors (Lipinski definition) is 6. The van der Waals surface area contributed by atoms with Gasteiger partial charge in [0.15, 0.2) is 5.82 Å². The van der Waals surface area contributed by atoms with Gasteiger partial charge in [0.1, 0.15) is 5.82 Å². The first-order valence-electron chi connectivity index (χ1n) is 6.22. The van der Waals surface area contributed by atoms with E-state index >= 15 is 0 Å². The molecule has 1 aliphatic heterocycles. The Balaban J connectivity index is 2.34. The van der Waals surface area contributed by atoms with Crippen LogP contribution in [0.1, 0.15) is 13.8 Å². The van der Waals surface area contributed by atoms with Crippen LogP contribution in [0.15, 0.2) is 6.07 Å². The third kappa shape index (κ3) is 3.27. The average molecular weight is 321 g/mol. The highest BCUT2D eigenvalue weighted by Crippen LogP contribution is 2.34. The van der Waals surface area contributed by atoms with Crippen LogP contribution in [0.25, 0.3) is 0 Å². The van der Waals surface area contributed by atoms with E-state index in [1.807, 2.05) is 18.7 Å². The first-order chi connectivity index (χ1) is 9.36. The maximum Gasteiger partial charge on any atom is 0.161 e. The van der Waals surface area contributed by atoms with Crippen LogP contribution >= 0.6 is 23.2 Å². The fraction of sp³-hybridized carbons (Fsp3) is 0.583. The Bertz CT molecular complexity index is 499. The summed E-state index contributed by atoms with van der Waals surface area (Å²) in [6.45, 7) is 4.94. The second-order valence-corrected chi connectivity index (χ2v) is 6.15. The van der Waals surface area contributed by atoms with Crippen molar-refractivity contribution in [2.24, 2.45) is 5.84 Å². The lowest BCUT2D eigenvalue weighted by Crippen LogP contribution is -2.54. The number of rotatable bonds is 3. The number of nitrogens with two attached hydrogens (primary N) is 1. The summed E-state index contributed by atoms with van der Waals surface area (Å²) in [7, 11) is 0. The topological polar surface area (TPSA) is 83.6 Å². The van der Waals surface area contributed by atoms with Crippen LogP contribution in [0.2, 0.25) is 10.0 Å². The van der Waals surface area contributed by atoms with Crippen molar-refractivity contribution in [3.63, 3.8) is 0 Å². The highest BCUT2D eigenvalue weighted by Gasteiger charge is 2.34. The fourth-order valence-electron chi connectivity index (χ4n) is 2.33. The van der Waals surface area contributed by atoms with E-state index in [1.54, 1.807) is 6.07 Å². The summed E-state index contributed by atoms with van der Waals surface area (Å²) in [5, 5.41) is 10.1. The zero-order chi connectivity index (χ0) is 14.9. The van der Waals surface area contributed by atoms with Gasteiger partial charge in [0, 0.05) is 13.1 Å². The van der Waals surface area contributed by atoms with Crippen molar-refractivity contribution in [2.45, 2.75) is 25.6 Å². The molecule has 20 heavy (non-hydrogen) atoms. The number of morpholine rings is 1. The average Bonchev–Trinajstić information content (AvgIpc) is 2.37. The Labute approximate surface area is 127 Å². The molecule has 0 aliphatic carbocycles. The van der Waals surface area contributed by atoms with E-state index in [1.165, 1.54) is 0 Å². The molecule has 0 saturated carbocycles. The third-order valence-corrected chi connectivity index (χ3v) is 3.60. The number of nitrogens with zero attached hydrogens (tertiary/aromatic N) is 2. The van der Waals surface area contributed by atoms with Gasteiger partial charge in [-0.1, -0.05) is 23.2 Å². The molecule has 4 N–H and O–H groups in total. The van der Waals surface area contributed by atoms with Gasteiger partial charge in [-0.3, -0.25) is 0 Å². The third-order valence-electron chi connectivity index (χ3n) is 3.03. The van der Waals surface area contributed by atoms with E-state index in [0.29, 0.717) is 34.8 Å². The highest BCUT2D eigenvalue weighted by atomic mass is 35.5. The van der Waals surface area contributed by atoms with Gasteiger partial charge >= 0.3 is 0 Å². The van der Waals surface area contributed by atoms with E-state index in [9.17, 15) is 5.11 Å². The SMILES string of the molecule is CC1(C)CN(c2nc(NN)c(Cl)cc2Cl)CC(CO)O1. The number of anilines is 2. The molecule has 1 aromatic rings. The molecule has 1 atom stereocenters. The van der Waals surface area contributed by atoms with Crippen LogP contribution in [0, 0.1) is 0 Å². The smallest absolute Gasteiger partial charge is 0.161 e. The molecule has 0 amide bonds. The van der Waals surface area contributed by atoms with E-state index in [2.05, 4.69) is 10.4 Å². The molecule has 0 aromatic carbocycles. The Morgan fingerprint density at radius 2 is 2.25 bits per heavy atom. The van der Waals surface area contributed by atoms with Gasteiger partial charge in [0.05, 0.1) is 28.4 Å². The van der Waals surface area contributed by atoms with Crippen LogP contribution in [0.5, 0.6) is 0 Å². The number of hydrazine groups is 1. The van der Waals surface area contributed by atoms with Crippen LogP contribution in [-0.2, 0) is 4.74 Å². The molecule has 2 heterocycles. The monoisotopic (exact) mass is 320 g/mol. The molecule has 8 heteroatoms. The van der Waals surface area contributed by atoms with Crippen molar-refractivity contribution < 1.29 is 9.84 Å². The molecule has 0 bridgehead atoms. The van der Waals surface area contributed by atoms with Gasteiger partial charge in [-0.15, -0.1) is 0 Å². The highest BCUT2D eigenvalue weighted by molar-refractivity contribution is 6.37. The molecule has 1 saturated heterocycles. The van der Waals surface area contributed by atoms with Gasteiger partial charge in [-0.2, -0.15) is 0 Å². The number of aliphatic hydroxyl groups excluding tert-OH is 1. The Morgan fingerprint density at radius 1 is 1.55 bits per heavy atom. The van der Waals surface area contributed by atoms with Gasteiger partial charge < -0.3 is 20.2 Å². The lowest BCUT2D eigenvalue weighted by molar-refractivity contribution is -0.101. The molecule has 2 rings (SSSR count). The lowest BCUT2D eigenvalue weighted by Gasteiger charge is -2.43. The number of nitrogen functional groups attached to an aromatic ring is 1. The molecule has 1 aromatic heterocycles. The molecular weight excluding hydrogens is 303 g/mol. The van der Waals surface area contributed by atoms with Crippen LogP contribution in [-0.4, -0.2) is 41.5 Å². The quantitative estimate of drug-likeness (QED) is 0.580. The number of pyridine rings is 1. The summed E-state index contributed by atoms with van der Waals surface area (Å²) in [6.07, 6.45) is -0.290. The second kappa shape index (κ2) is 5.91. The summed E-state index contributed by atoms with van der Waals surface area (Å²) < 4.78 is 5.77. The van der Waals surface area contributed by atoms with Crippen LogP contribution in [0.4, 0.5) is 11.6 Å². The molecule has 0 radical (unpaired) electrons. The van der Waals surface area contributed by atoms with Crippen molar-refractivity contribution in [3.8, 4) is 0 Å². The fourth-order valence-corrected chi connectivity index (χ4v) is 2.86. The second-order valence-electron chi connectivity index (χ2n) is 5.33. The maximum atomic E-state index is 9.34. The Kier molecular flexibility index (Phi) is 4.61. The molecular formula is C12H18Cl2N4O2. The number of ether oxygens (including phenoxy) is 1. The Morgan fingerprint density at radius 3 is 2.85 bits per heavy atom. The minimum absolute atomic E-state index is 0.0624. The van der Waals surface area contributed by atoms with E-state index in [4.69, 9.17) is 33.8 Å². The molecule has 6 nitrogen and oxygen atoms in total. The van der Waals surface area contributed by atoms with Crippen molar-refractivity contribution in [1.29, 1.82) is 0 Å². The minimum Gasteiger partial charge on any atom is -0.394 e. The summed E-state index contributed by atoms with van der Waals surface area (Å²) in [5.74, 6) is 6.31. The van der Waals surface area contributed by atoms with Gasteiger partial charge in [0.2, 0.25) is 0 Å². The number of hydrogen-bond donors (Lipinski definition) is 3. The summed E-state index contributed by atoms with van der Waals surface area (Å²) in [4.78, 5) is 6.30. The molecule has 0 spiro atoms. The number of aliphatic hydroxyl groups is 1. The zero-order valence-electron chi connectivity index (χ0n) is 11.4. The lowest BCUT2D eigenvalue weighted by atomic mass is 10.1. The molecule has 1 aliphatic rings. The van der Waals surface area contributed by atoms with Crippen molar-refractivity contribution in [1.82, 2.24) is 4.98 Å². The summed E-state index contributed by atoms with van der Waals surface area (Å²) in [5.41, 5.74) is 2.03. The van der Waals surface area contributed by atoms with E-state index in [0.717, 1.165) is 0 Å². The maximum absolute atomic E-state index is 9.34. The number of halogens is 2. The van der Waals surface area contributed by atoms with Crippen molar-refractivity contribution >= 4 is 34.8 Å². The van der Waals surface area contributed by atoms with Gasteiger partial charge in [0.25, 0.3) is 0 Å². The number of nitrogens with one attached hydrogen (secondary N) is 1. The first kappa shape index (κ1) is 15.6. The van der Waals surface area contributed by atoms with Crippen LogP contribution < -0.4 is 16.2 Å². The summed E-state index contributed by atoms with van der Waals surface area (Å²) in [6, 6.07) is 1.59. The minimum atomic E-state index is -0.410. The largest absolute Gasteiger partial charge is 0.394 e. The normalized spacial score (nSPS) is 21.9. The first-order valence-corrected chi connectivity index (χ1v) is 6.98.